The Morgan fingerprint density at radius 1 is 1.09 bits per heavy atom. The molecule has 1 saturated heterocycles. The van der Waals surface area contributed by atoms with Gasteiger partial charge in [0.2, 0.25) is 0 Å². The van der Waals surface area contributed by atoms with Gasteiger partial charge >= 0.3 is 66.9 Å². The van der Waals surface area contributed by atoms with Crippen LogP contribution in [0, 0.1) is 0 Å². The van der Waals surface area contributed by atoms with Crippen LogP contribution in [0.15, 0.2) is 12.7 Å². The van der Waals surface area contributed by atoms with Gasteiger partial charge in [-0.05, 0) is 0 Å². The Balaban J connectivity index is 0.00000272. The number of phosphoric ester groups is 1. The van der Waals surface area contributed by atoms with E-state index in [9.17, 15) is 38.6 Å². The van der Waals surface area contributed by atoms with Crippen LogP contribution in [-0.4, -0.2) is 64.4 Å². The zero-order valence-corrected chi connectivity index (χ0v) is 23.5. The molecule has 0 saturated carbocycles. The molecule has 2 aromatic rings. The number of hydrogen-bond donors (Lipinski definition) is 5. The molecular formula is C10H14N5Na2O13P3. The van der Waals surface area contributed by atoms with E-state index in [0.29, 0.717) is 0 Å². The van der Waals surface area contributed by atoms with Crippen molar-refractivity contribution in [2.24, 2.45) is 0 Å². The Morgan fingerprint density at radius 3 is 2.33 bits per heavy atom. The van der Waals surface area contributed by atoms with Crippen molar-refractivity contribution >= 4 is 40.4 Å². The van der Waals surface area contributed by atoms with Crippen LogP contribution in [0.5, 0.6) is 0 Å². The molecule has 1 aliphatic rings. The second-order valence-corrected chi connectivity index (χ2v) is 10.3. The Labute approximate surface area is 228 Å². The summed E-state index contributed by atoms with van der Waals surface area (Å²) in [6, 6.07) is 0. The van der Waals surface area contributed by atoms with Crippen molar-refractivity contribution in [1.29, 1.82) is 0 Å². The number of aliphatic hydroxyl groups is 2. The minimum Gasteiger partial charge on any atom is -0.756 e. The molecule has 3 heterocycles. The van der Waals surface area contributed by atoms with Gasteiger partial charge < -0.3 is 40.3 Å². The first kappa shape index (κ1) is 31.7. The van der Waals surface area contributed by atoms with E-state index in [1.807, 2.05) is 0 Å². The number of rotatable bonds is 8. The van der Waals surface area contributed by atoms with Crippen molar-refractivity contribution < 1.29 is 120 Å². The fourth-order valence-corrected chi connectivity index (χ4v) is 5.55. The standard InChI is InChI=1S/C10H16N5O13P3.2Na/c11-8-5-9(13-2-12-8)15(3-14-5)10-7(17)6(16)4(26-10)1-25-30(21,22)28-31(23,24)27-29(18,19)20;;/h2-4,6-7,10,16-17H,1H2,(H,21,22)(H,23,24)(H2,11,12,13)(H2,18,19,20);;/q;2*+1/p-2/t4-,6?,7?,10-;;/m1../s1. The van der Waals surface area contributed by atoms with Gasteiger partial charge in [0.25, 0.3) is 15.6 Å². The first-order valence-electron chi connectivity index (χ1n) is 7.88. The molecule has 33 heavy (non-hydrogen) atoms. The maximum Gasteiger partial charge on any atom is 1.00 e. The average molecular weight is 551 g/mol. The van der Waals surface area contributed by atoms with Gasteiger partial charge in [0.15, 0.2) is 17.7 Å². The van der Waals surface area contributed by atoms with Crippen LogP contribution in [0.3, 0.4) is 0 Å². The molecule has 1 aliphatic heterocycles. The normalized spacial score (nSPS) is 28.2. The van der Waals surface area contributed by atoms with Crippen LogP contribution >= 0.6 is 23.5 Å². The number of anilines is 1. The predicted octanol–water partition coefficient (Wildman–Crippen LogP) is -8.89. The van der Waals surface area contributed by atoms with E-state index in [2.05, 4.69) is 28.1 Å². The smallest absolute Gasteiger partial charge is 0.756 e. The predicted molar refractivity (Wildman–Crippen MR) is 91.0 cm³/mol. The molecule has 7 atom stereocenters. The van der Waals surface area contributed by atoms with E-state index in [4.69, 9.17) is 15.4 Å². The van der Waals surface area contributed by atoms with Gasteiger partial charge in [0.05, 0.1) is 12.9 Å². The van der Waals surface area contributed by atoms with Crippen molar-refractivity contribution in [2.45, 2.75) is 24.5 Å². The number of phosphoric acid groups is 3. The number of ether oxygens (including phenoxy) is 1. The van der Waals surface area contributed by atoms with Crippen molar-refractivity contribution in [2.75, 3.05) is 12.3 Å². The Kier molecular flexibility index (Phi) is 11.3. The third-order valence-corrected chi connectivity index (χ3v) is 7.53. The summed E-state index contributed by atoms with van der Waals surface area (Å²) in [5.41, 5.74) is 5.97. The molecule has 0 radical (unpaired) electrons. The molecule has 174 valence electrons. The van der Waals surface area contributed by atoms with E-state index < -0.39 is 54.6 Å². The monoisotopic (exact) mass is 551 g/mol. The van der Waals surface area contributed by atoms with Gasteiger partial charge in [0.1, 0.15) is 30.2 Å². The number of hydrogen-bond acceptors (Lipinski definition) is 15. The number of fused-ring (bicyclic) bond motifs is 1. The SMILES string of the molecule is Nc1ncnc2c1ncn2[C@@H]1O[C@H](COP(=O)(O)OP(=O)([O-])OP(=O)([O-])O)C(O)C1O.[Na+].[Na+]. The number of aliphatic hydroxyl groups excluding tert-OH is 2. The Hall–Kier alpha value is 0.640. The number of nitrogens with zero attached hydrogens (tertiary/aromatic N) is 4. The summed E-state index contributed by atoms with van der Waals surface area (Å²) in [4.78, 5) is 51.0. The summed E-state index contributed by atoms with van der Waals surface area (Å²) in [7, 11) is -17.4. The minimum absolute atomic E-state index is 0. The van der Waals surface area contributed by atoms with E-state index in [-0.39, 0.29) is 76.1 Å². The van der Waals surface area contributed by atoms with Gasteiger partial charge in [-0.2, -0.15) is 0 Å². The van der Waals surface area contributed by atoms with Crippen LogP contribution in [-0.2, 0) is 31.6 Å². The Bertz CT molecular complexity index is 1120. The first-order valence-corrected chi connectivity index (χ1v) is 12.3. The van der Waals surface area contributed by atoms with E-state index in [1.54, 1.807) is 0 Å². The first-order chi connectivity index (χ1) is 14.2. The molecule has 3 rings (SSSR count). The van der Waals surface area contributed by atoms with Gasteiger partial charge in [0, 0.05) is 0 Å². The second kappa shape index (κ2) is 11.8. The van der Waals surface area contributed by atoms with Crippen LogP contribution in [0.1, 0.15) is 6.23 Å². The fourth-order valence-electron chi connectivity index (χ4n) is 2.61. The van der Waals surface area contributed by atoms with Crippen LogP contribution in [0.2, 0.25) is 0 Å². The molecule has 5 unspecified atom stereocenters. The van der Waals surface area contributed by atoms with Crippen LogP contribution in [0.25, 0.3) is 11.2 Å². The van der Waals surface area contributed by atoms with Crippen LogP contribution < -0.4 is 74.6 Å². The Morgan fingerprint density at radius 2 is 1.73 bits per heavy atom. The third kappa shape index (κ3) is 8.06. The largest absolute Gasteiger partial charge is 1.00 e. The summed E-state index contributed by atoms with van der Waals surface area (Å²) in [6.07, 6.45) is -3.81. The van der Waals surface area contributed by atoms with Crippen molar-refractivity contribution in [1.82, 2.24) is 19.5 Å². The van der Waals surface area contributed by atoms with Gasteiger partial charge in [-0.1, -0.05) is 0 Å². The number of aromatic nitrogens is 4. The molecule has 2 aromatic heterocycles. The molecule has 0 bridgehead atoms. The maximum atomic E-state index is 11.7. The molecule has 6 N–H and O–H groups in total. The molecule has 23 heteroatoms. The molecule has 0 spiro atoms. The van der Waals surface area contributed by atoms with E-state index in [1.165, 1.54) is 10.9 Å². The maximum absolute atomic E-state index is 11.7. The topological polar surface area (TPSA) is 285 Å². The van der Waals surface area contributed by atoms with Gasteiger partial charge in [-0.3, -0.25) is 18.2 Å². The summed E-state index contributed by atoms with van der Waals surface area (Å²) in [6.45, 7) is -1.000. The van der Waals surface area contributed by atoms with Crippen molar-refractivity contribution in [3.05, 3.63) is 12.7 Å². The van der Waals surface area contributed by atoms with Gasteiger partial charge in [-0.25, -0.2) is 28.1 Å². The second-order valence-electron chi connectivity index (χ2n) is 5.97. The van der Waals surface area contributed by atoms with E-state index in [0.717, 1.165) is 6.33 Å². The number of nitrogens with two attached hydrogens (primary N) is 1. The third-order valence-electron chi connectivity index (χ3n) is 3.81. The number of nitrogen functional groups attached to an aromatic ring is 1. The summed E-state index contributed by atoms with van der Waals surface area (Å²) < 4.78 is 51.0. The summed E-state index contributed by atoms with van der Waals surface area (Å²) in [5.74, 6) is 0.0322. The molecule has 0 aliphatic carbocycles. The molecule has 18 nitrogen and oxygen atoms in total. The summed E-state index contributed by atoms with van der Waals surface area (Å²) in [5, 5.41) is 20.4. The van der Waals surface area contributed by atoms with Crippen molar-refractivity contribution in [3.63, 3.8) is 0 Å². The quantitative estimate of drug-likeness (QED) is 0.150. The fraction of sp³-hybridized carbons (Fsp3) is 0.500. The summed E-state index contributed by atoms with van der Waals surface area (Å²) >= 11 is 0. The molecule has 0 aromatic carbocycles. The molecule has 0 amide bonds. The van der Waals surface area contributed by atoms with Crippen molar-refractivity contribution in [3.8, 4) is 0 Å². The zero-order chi connectivity index (χ0) is 23.2. The average Bonchev–Trinajstić information content (AvgIpc) is 3.13. The molecular weight excluding hydrogens is 537 g/mol. The zero-order valence-electron chi connectivity index (χ0n) is 16.8. The van der Waals surface area contributed by atoms with E-state index >= 15 is 0 Å². The van der Waals surface area contributed by atoms with Gasteiger partial charge in [-0.15, -0.1) is 0 Å². The minimum atomic E-state index is -6.01. The molecule has 1 fully saturated rings. The number of imidazole rings is 1. The van der Waals surface area contributed by atoms with Crippen LogP contribution in [0.4, 0.5) is 5.82 Å².